The molecule has 0 aliphatic heterocycles. The second kappa shape index (κ2) is 4.02. The van der Waals surface area contributed by atoms with Gasteiger partial charge in [-0.15, -0.1) is 0 Å². The van der Waals surface area contributed by atoms with Crippen molar-refractivity contribution in [2.75, 3.05) is 0 Å². The number of hydrogen-bond donors (Lipinski definition) is 2. The monoisotopic (exact) mass is 215 g/mol. The zero-order valence-electron chi connectivity index (χ0n) is 8.31. The molecule has 16 heavy (non-hydrogen) atoms. The van der Waals surface area contributed by atoms with Crippen LogP contribution in [0.15, 0.2) is 47.3 Å². The molecule has 1 heterocycles. The van der Waals surface area contributed by atoms with E-state index in [2.05, 4.69) is 4.98 Å². The third-order valence-corrected chi connectivity index (χ3v) is 2.19. The average molecular weight is 215 g/mol. The molecule has 0 unspecified atom stereocenters. The summed E-state index contributed by atoms with van der Waals surface area (Å²) in [5, 5.41) is 8.84. The lowest BCUT2D eigenvalue weighted by atomic mass is 10.1. The number of aromatic carboxylic acids is 1. The van der Waals surface area contributed by atoms with Crippen molar-refractivity contribution in [3.63, 3.8) is 0 Å². The fourth-order valence-electron chi connectivity index (χ4n) is 1.44. The third kappa shape index (κ3) is 2.00. The molecule has 0 bridgehead atoms. The summed E-state index contributed by atoms with van der Waals surface area (Å²) in [5.41, 5.74) is 1.27. The number of carboxylic acid groups (broad SMARTS) is 1. The molecular weight excluding hydrogens is 206 g/mol. The van der Waals surface area contributed by atoms with E-state index < -0.39 is 5.97 Å². The predicted molar refractivity (Wildman–Crippen MR) is 59.5 cm³/mol. The van der Waals surface area contributed by atoms with Gasteiger partial charge in [0, 0.05) is 11.8 Å². The Morgan fingerprint density at radius 2 is 1.88 bits per heavy atom. The first-order valence-corrected chi connectivity index (χ1v) is 4.70. The summed E-state index contributed by atoms with van der Waals surface area (Å²) in [7, 11) is 0. The molecule has 2 rings (SSSR count). The first kappa shape index (κ1) is 10.2. The smallest absolute Gasteiger partial charge is 0.335 e. The quantitative estimate of drug-likeness (QED) is 0.801. The van der Waals surface area contributed by atoms with Crippen LogP contribution < -0.4 is 5.56 Å². The molecule has 4 heteroatoms. The molecule has 80 valence electrons. The molecule has 2 aromatic rings. The lowest BCUT2D eigenvalue weighted by molar-refractivity contribution is 0.0697. The van der Waals surface area contributed by atoms with E-state index in [-0.39, 0.29) is 11.1 Å². The van der Waals surface area contributed by atoms with Gasteiger partial charge in [0.05, 0.1) is 5.56 Å². The molecule has 2 N–H and O–H groups in total. The van der Waals surface area contributed by atoms with Gasteiger partial charge in [-0.1, -0.05) is 18.2 Å². The Labute approximate surface area is 91.2 Å². The van der Waals surface area contributed by atoms with E-state index in [1.54, 1.807) is 24.3 Å². The summed E-state index contributed by atoms with van der Waals surface area (Å²) in [6.45, 7) is 0. The van der Waals surface area contributed by atoms with Gasteiger partial charge in [0.15, 0.2) is 0 Å². The van der Waals surface area contributed by atoms with E-state index in [0.717, 1.165) is 0 Å². The van der Waals surface area contributed by atoms with Crippen LogP contribution in [0.4, 0.5) is 0 Å². The van der Waals surface area contributed by atoms with E-state index in [1.165, 1.54) is 18.2 Å². The van der Waals surface area contributed by atoms with Crippen LogP contribution in [-0.2, 0) is 0 Å². The van der Waals surface area contributed by atoms with Crippen LogP contribution >= 0.6 is 0 Å². The Bertz CT molecular complexity index is 587. The molecule has 1 aromatic heterocycles. The molecule has 0 aliphatic rings. The minimum atomic E-state index is -0.986. The summed E-state index contributed by atoms with van der Waals surface area (Å²) in [6, 6.07) is 11.2. The topological polar surface area (TPSA) is 70.2 Å². The molecule has 0 spiro atoms. The molecule has 0 saturated heterocycles. The van der Waals surface area contributed by atoms with Gasteiger partial charge in [-0.2, -0.15) is 0 Å². The normalized spacial score (nSPS) is 10.0. The molecule has 0 fully saturated rings. The Hall–Kier alpha value is -2.36. The summed E-state index contributed by atoms with van der Waals surface area (Å²) in [4.78, 5) is 24.5. The standard InChI is InChI=1S/C12H9NO3/c14-11-6-2-5-10(13-11)8-3-1-4-9(7-8)12(15)16/h1-7H,(H,13,14)(H,15,16). The molecule has 0 amide bonds. The van der Waals surface area contributed by atoms with Crippen molar-refractivity contribution in [3.05, 3.63) is 58.4 Å². The van der Waals surface area contributed by atoms with E-state index in [9.17, 15) is 9.59 Å². The van der Waals surface area contributed by atoms with Gasteiger partial charge in [0.25, 0.3) is 0 Å². The Kier molecular flexibility index (Phi) is 2.55. The second-order valence-corrected chi connectivity index (χ2v) is 3.31. The van der Waals surface area contributed by atoms with E-state index in [0.29, 0.717) is 11.3 Å². The zero-order valence-corrected chi connectivity index (χ0v) is 8.31. The number of carboxylic acids is 1. The van der Waals surface area contributed by atoms with E-state index in [4.69, 9.17) is 5.11 Å². The Balaban J connectivity index is 2.52. The first-order chi connectivity index (χ1) is 7.66. The van der Waals surface area contributed by atoms with Crippen molar-refractivity contribution in [2.24, 2.45) is 0 Å². The molecule has 4 nitrogen and oxygen atoms in total. The van der Waals surface area contributed by atoms with Gasteiger partial charge in [-0.25, -0.2) is 4.79 Å². The highest BCUT2D eigenvalue weighted by molar-refractivity contribution is 5.89. The number of aromatic nitrogens is 1. The van der Waals surface area contributed by atoms with Gasteiger partial charge in [-0.05, 0) is 23.8 Å². The summed E-state index contributed by atoms with van der Waals surface area (Å²) in [6.07, 6.45) is 0. The van der Waals surface area contributed by atoms with Crippen LogP contribution in [0, 0.1) is 0 Å². The Morgan fingerprint density at radius 1 is 1.12 bits per heavy atom. The lowest BCUT2D eigenvalue weighted by Gasteiger charge is -2.02. The lowest BCUT2D eigenvalue weighted by Crippen LogP contribution is -2.04. The molecule has 0 aliphatic carbocycles. The number of H-pyrrole nitrogens is 1. The maximum absolute atomic E-state index is 11.1. The van der Waals surface area contributed by atoms with E-state index >= 15 is 0 Å². The summed E-state index contributed by atoms with van der Waals surface area (Å²) < 4.78 is 0. The number of benzene rings is 1. The Morgan fingerprint density at radius 3 is 2.56 bits per heavy atom. The van der Waals surface area contributed by atoms with Crippen molar-refractivity contribution in [1.29, 1.82) is 0 Å². The van der Waals surface area contributed by atoms with Crippen molar-refractivity contribution in [1.82, 2.24) is 4.98 Å². The van der Waals surface area contributed by atoms with Gasteiger partial charge in [0.1, 0.15) is 0 Å². The number of hydrogen-bond acceptors (Lipinski definition) is 2. The predicted octanol–water partition coefficient (Wildman–Crippen LogP) is 1.74. The van der Waals surface area contributed by atoms with Crippen LogP contribution in [0.5, 0.6) is 0 Å². The fraction of sp³-hybridized carbons (Fsp3) is 0. The highest BCUT2D eigenvalue weighted by Crippen LogP contribution is 2.16. The number of carbonyl (C=O) groups is 1. The highest BCUT2D eigenvalue weighted by Gasteiger charge is 2.04. The maximum Gasteiger partial charge on any atom is 0.335 e. The number of pyridine rings is 1. The SMILES string of the molecule is O=C(O)c1cccc(-c2cccc(=O)[nH]2)c1. The molecule has 0 radical (unpaired) electrons. The van der Waals surface area contributed by atoms with Crippen LogP contribution in [0.1, 0.15) is 10.4 Å². The average Bonchev–Trinajstić information content (AvgIpc) is 2.29. The first-order valence-electron chi connectivity index (χ1n) is 4.70. The van der Waals surface area contributed by atoms with E-state index in [1.807, 2.05) is 0 Å². The zero-order chi connectivity index (χ0) is 11.5. The van der Waals surface area contributed by atoms with Gasteiger partial charge >= 0.3 is 5.97 Å². The second-order valence-electron chi connectivity index (χ2n) is 3.31. The van der Waals surface area contributed by atoms with Crippen molar-refractivity contribution < 1.29 is 9.90 Å². The van der Waals surface area contributed by atoms with Crippen LogP contribution in [-0.4, -0.2) is 16.1 Å². The molecule has 0 saturated carbocycles. The number of rotatable bonds is 2. The minimum absolute atomic E-state index is 0.196. The molecule has 0 atom stereocenters. The minimum Gasteiger partial charge on any atom is -0.478 e. The summed E-state index contributed by atoms with van der Waals surface area (Å²) in [5.74, 6) is -0.986. The van der Waals surface area contributed by atoms with Crippen molar-refractivity contribution >= 4 is 5.97 Å². The third-order valence-electron chi connectivity index (χ3n) is 2.19. The number of nitrogens with one attached hydrogen (secondary N) is 1. The van der Waals surface area contributed by atoms with Crippen LogP contribution in [0.25, 0.3) is 11.3 Å². The summed E-state index contributed by atoms with van der Waals surface area (Å²) >= 11 is 0. The van der Waals surface area contributed by atoms with Crippen LogP contribution in [0.3, 0.4) is 0 Å². The largest absolute Gasteiger partial charge is 0.478 e. The van der Waals surface area contributed by atoms with Gasteiger partial charge < -0.3 is 10.1 Å². The molecule has 1 aromatic carbocycles. The number of aromatic amines is 1. The maximum atomic E-state index is 11.1. The van der Waals surface area contributed by atoms with Crippen molar-refractivity contribution in [2.45, 2.75) is 0 Å². The van der Waals surface area contributed by atoms with Crippen LogP contribution in [0.2, 0.25) is 0 Å². The van der Waals surface area contributed by atoms with Crippen molar-refractivity contribution in [3.8, 4) is 11.3 Å². The molecular formula is C12H9NO3. The van der Waals surface area contributed by atoms with Gasteiger partial charge in [-0.3, -0.25) is 4.79 Å². The fourth-order valence-corrected chi connectivity index (χ4v) is 1.44. The van der Waals surface area contributed by atoms with Gasteiger partial charge in [0.2, 0.25) is 5.56 Å². The highest BCUT2D eigenvalue weighted by atomic mass is 16.4.